The lowest BCUT2D eigenvalue weighted by atomic mass is 10.0. The number of nitrogens with one attached hydrogen (secondary N) is 1. The van der Waals surface area contributed by atoms with Crippen LogP contribution in [0.5, 0.6) is 0 Å². The molecular formula is C20H21F3N2O3. The average molecular weight is 394 g/mol. The van der Waals surface area contributed by atoms with Crippen LogP contribution in [0, 0.1) is 13.8 Å². The van der Waals surface area contributed by atoms with Gasteiger partial charge in [-0.1, -0.05) is 0 Å². The number of hydrogen-bond donors (Lipinski definition) is 1. The zero-order valence-electron chi connectivity index (χ0n) is 16.2. The first-order valence-corrected chi connectivity index (χ1v) is 8.47. The Bertz CT molecular complexity index is 896. The van der Waals surface area contributed by atoms with Crippen LogP contribution in [-0.2, 0) is 10.9 Å². The molecular weight excluding hydrogens is 373 g/mol. The van der Waals surface area contributed by atoms with Crippen molar-refractivity contribution in [3.8, 4) is 0 Å². The van der Waals surface area contributed by atoms with Gasteiger partial charge >= 0.3 is 12.1 Å². The third kappa shape index (κ3) is 5.55. The Balaban J connectivity index is 2.46. The molecule has 0 saturated heterocycles. The van der Waals surface area contributed by atoms with E-state index in [0.717, 1.165) is 12.1 Å². The Kier molecular flexibility index (Phi) is 5.82. The summed E-state index contributed by atoms with van der Waals surface area (Å²) in [6.07, 6.45) is -4.66. The SMILES string of the molecule is Cc1cc(NC(=O)c2ccc(C(F)(F)F)cc2C(=O)OC(C)(C)C)cc(C)n1. The highest BCUT2D eigenvalue weighted by Crippen LogP contribution is 2.31. The van der Waals surface area contributed by atoms with Crippen LogP contribution in [0.4, 0.5) is 18.9 Å². The molecule has 2 rings (SSSR count). The van der Waals surface area contributed by atoms with E-state index in [2.05, 4.69) is 10.3 Å². The van der Waals surface area contributed by atoms with Crippen molar-refractivity contribution in [1.29, 1.82) is 0 Å². The zero-order chi connectivity index (χ0) is 21.3. The Hall–Kier alpha value is -2.90. The number of alkyl halides is 3. The Labute approximate surface area is 160 Å². The van der Waals surface area contributed by atoms with Crippen molar-refractivity contribution < 1.29 is 27.5 Å². The van der Waals surface area contributed by atoms with Gasteiger partial charge in [-0.3, -0.25) is 9.78 Å². The number of halogens is 3. The first-order chi connectivity index (χ1) is 12.8. The fourth-order valence-corrected chi connectivity index (χ4v) is 2.53. The van der Waals surface area contributed by atoms with E-state index in [1.165, 1.54) is 0 Å². The molecule has 0 fully saturated rings. The first-order valence-electron chi connectivity index (χ1n) is 8.47. The number of hydrogen-bond acceptors (Lipinski definition) is 4. The topological polar surface area (TPSA) is 68.3 Å². The molecule has 150 valence electrons. The van der Waals surface area contributed by atoms with Gasteiger partial charge in [0.05, 0.1) is 16.7 Å². The van der Waals surface area contributed by atoms with Gasteiger partial charge in [-0.05, 0) is 65.0 Å². The van der Waals surface area contributed by atoms with Crippen molar-refractivity contribution in [2.24, 2.45) is 0 Å². The van der Waals surface area contributed by atoms with Crippen LogP contribution >= 0.6 is 0 Å². The summed E-state index contributed by atoms with van der Waals surface area (Å²) in [5.41, 5.74) is -0.895. The maximum atomic E-state index is 13.1. The van der Waals surface area contributed by atoms with Crippen LogP contribution < -0.4 is 5.32 Å². The molecule has 0 aliphatic rings. The predicted octanol–water partition coefficient (Wildman–Crippen LogP) is 4.92. The number of aryl methyl sites for hydroxylation is 2. The van der Waals surface area contributed by atoms with Crippen molar-refractivity contribution in [3.05, 3.63) is 58.4 Å². The summed E-state index contributed by atoms with van der Waals surface area (Å²) >= 11 is 0. The van der Waals surface area contributed by atoms with Crippen molar-refractivity contribution in [2.75, 3.05) is 5.32 Å². The summed E-state index contributed by atoms with van der Waals surface area (Å²) in [5.74, 6) is -1.73. The lowest BCUT2D eigenvalue weighted by Crippen LogP contribution is -2.26. The van der Waals surface area contributed by atoms with Crippen LogP contribution in [0.3, 0.4) is 0 Å². The maximum Gasteiger partial charge on any atom is 0.416 e. The fourth-order valence-electron chi connectivity index (χ4n) is 2.53. The standard InChI is InChI=1S/C20H21F3N2O3/c1-11-8-14(9-12(2)24-11)25-17(26)15-7-6-13(20(21,22)23)10-16(15)18(27)28-19(3,4)5/h6-10H,1-5H3,(H,24,25,26). The van der Waals surface area contributed by atoms with Crippen LogP contribution in [0.1, 0.15) is 58.4 Å². The highest BCUT2D eigenvalue weighted by molar-refractivity contribution is 6.11. The van der Waals surface area contributed by atoms with E-state index in [-0.39, 0.29) is 5.56 Å². The number of nitrogens with zero attached hydrogens (tertiary/aromatic N) is 1. The molecule has 1 N–H and O–H groups in total. The summed E-state index contributed by atoms with van der Waals surface area (Å²) in [7, 11) is 0. The number of pyridine rings is 1. The minimum absolute atomic E-state index is 0.214. The highest BCUT2D eigenvalue weighted by Gasteiger charge is 2.33. The van der Waals surface area contributed by atoms with E-state index in [1.54, 1.807) is 46.8 Å². The van der Waals surface area contributed by atoms with Gasteiger partial charge in [0.2, 0.25) is 0 Å². The number of ether oxygens (including phenoxy) is 1. The van der Waals surface area contributed by atoms with Crippen LogP contribution in [0.2, 0.25) is 0 Å². The van der Waals surface area contributed by atoms with Crippen molar-refractivity contribution in [3.63, 3.8) is 0 Å². The molecule has 28 heavy (non-hydrogen) atoms. The van der Waals surface area contributed by atoms with E-state index in [0.29, 0.717) is 23.1 Å². The number of carbonyl (C=O) groups excluding carboxylic acids is 2. The van der Waals surface area contributed by atoms with Crippen LogP contribution in [0.15, 0.2) is 30.3 Å². The van der Waals surface area contributed by atoms with E-state index < -0.39 is 34.8 Å². The molecule has 0 bridgehead atoms. The quantitative estimate of drug-likeness (QED) is 0.750. The molecule has 0 unspecified atom stereocenters. The fraction of sp³-hybridized carbons (Fsp3) is 0.350. The third-order valence-electron chi connectivity index (χ3n) is 3.55. The molecule has 0 saturated carbocycles. The predicted molar refractivity (Wildman–Crippen MR) is 98.3 cm³/mol. The van der Waals surface area contributed by atoms with Crippen molar-refractivity contribution >= 4 is 17.6 Å². The maximum absolute atomic E-state index is 13.1. The summed E-state index contributed by atoms with van der Waals surface area (Å²) in [6.45, 7) is 8.24. The number of carbonyl (C=O) groups is 2. The lowest BCUT2D eigenvalue weighted by Gasteiger charge is -2.21. The molecule has 0 spiro atoms. The van der Waals surface area contributed by atoms with Gasteiger partial charge in [-0.25, -0.2) is 4.79 Å². The van der Waals surface area contributed by atoms with E-state index in [9.17, 15) is 22.8 Å². The summed E-state index contributed by atoms with van der Waals surface area (Å²) in [6, 6.07) is 5.58. The van der Waals surface area contributed by atoms with Gasteiger partial charge in [0.25, 0.3) is 5.91 Å². The van der Waals surface area contributed by atoms with E-state index >= 15 is 0 Å². The van der Waals surface area contributed by atoms with E-state index in [4.69, 9.17) is 4.74 Å². The molecule has 0 radical (unpaired) electrons. The summed E-state index contributed by atoms with van der Waals surface area (Å²) in [5, 5.41) is 2.59. The zero-order valence-corrected chi connectivity index (χ0v) is 16.2. The van der Waals surface area contributed by atoms with Gasteiger partial charge in [0.1, 0.15) is 5.60 Å². The smallest absolute Gasteiger partial charge is 0.416 e. The van der Waals surface area contributed by atoms with Gasteiger partial charge < -0.3 is 10.1 Å². The number of rotatable bonds is 3. The number of anilines is 1. The molecule has 0 aliphatic heterocycles. The normalized spacial score (nSPS) is 11.9. The molecule has 1 aromatic carbocycles. The molecule has 1 heterocycles. The minimum atomic E-state index is -4.66. The van der Waals surface area contributed by atoms with Gasteiger partial charge in [0, 0.05) is 17.1 Å². The Morgan fingerprint density at radius 2 is 1.54 bits per heavy atom. The molecule has 0 atom stereocenters. The monoisotopic (exact) mass is 394 g/mol. The average Bonchev–Trinajstić information content (AvgIpc) is 2.50. The molecule has 1 amide bonds. The third-order valence-corrected chi connectivity index (χ3v) is 3.55. The minimum Gasteiger partial charge on any atom is -0.456 e. The van der Waals surface area contributed by atoms with Gasteiger partial charge in [-0.2, -0.15) is 13.2 Å². The molecule has 1 aromatic heterocycles. The number of benzene rings is 1. The van der Waals surface area contributed by atoms with Crippen molar-refractivity contribution in [2.45, 2.75) is 46.4 Å². The number of aromatic nitrogens is 1. The summed E-state index contributed by atoms with van der Waals surface area (Å²) in [4.78, 5) is 29.3. The lowest BCUT2D eigenvalue weighted by molar-refractivity contribution is -0.137. The largest absolute Gasteiger partial charge is 0.456 e. The van der Waals surface area contributed by atoms with E-state index in [1.807, 2.05) is 0 Å². The van der Waals surface area contributed by atoms with Gasteiger partial charge in [0.15, 0.2) is 0 Å². The molecule has 2 aromatic rings. The Morgan fingerprint density at radius 3 is 2.04 bits per heavy atom. The van der Waals surface area contributed by atoms with Gasteiger partial charge in [-0.15, -0.1) is 0 Å². The number of amides is 1. The van der Waals surface area contributed by atoms with Crippen molar-refractivity contribution in [1.82, 2.24) is 4.98 Å². The molecule has 0 aliphatic carbocycles. The van der Waals surface area contributed by atoms with Crippen LogP contribution in [0.25, 0.3) is 0 Å². The number of esters is 1. The highest BCUT2D eigenvalue weighted by atomic mass is 19.4. The molecule has 8 heteroatoms. The first kappa shape index (κ1) is 21.4. The molecule has 5 nitrogen and oxygen atoms in total. The second-order valence-corrected chi connectivity index (χ2v) is 7.35. The second-order valence-electron chi connectivity index (χ2n) is 7.35. The summed E-state index contributed by atoms with van der Waals surface area (Å²) < 4.78 is 44.4. The second kappa shape index (κ2) is 7.61. The van der Waals surface area contributed by atoms with Crippen LogP contribution in [-0.4, -0.2) is 22.5 Å². The Morgan fingerprint density at radius 1 is 0.964 bits per heavy atom.